The molecule has 4 rings (SSSR count). The second kappa shape index (κ2) is 8.25. The zero-order valence-electron chi connectivity index (χ0n) is 15.6. The number of hydrogen-bond donors (Lipinski definition) is 2. The fourth-order valence-corrected chi connectivity index (χ4v) is 4.53. The molecule has 148 valence electrons. The molecular weight excluding hydrogens is 366 g/mol. The molecule has 3 aliphatic heterocycles. The normalized spacial score (nSPS) is 23.7. The molecule has 0 aliphatic carbocycles. The lowest BCUT2D eigenvalue weighted by Crippen LogP contribution is -2.46. The van der Waals surface area contributed by atoms with E-state index in [2.05, 4.69) is 10.2 Å². The number of anilines is 1. The average molecular weight is 394 g/mol. The van der Waals surface area contributed by atoms with Crippen molar-refractivity contribution in [1.82, 2.24) is 10.2 Å². The van der Waals surface area contributed by atoms with Crippen molar-refractivity contribution in [1.29, 1.82) is 0 Å². The lowest BCUT2D eigenvalue weighted by molar-refractivity contribution is 0.0612. The number of ether oxygens (including phenoxy) is 2. The van der Waals surface area contributed by atoms with Crippen LogP contribution in [0.3, 0.4) is 0 Å². The summed E-state index contributed by atoms with van der Waals surface area (Å²) in [6, 6.07) is 1.82. The van der Waals surface area contributed by atoms with Crippen molar-refractivity contribution in [2.24, 2.45) is 0 Å². The quantitative estimate of drug-likeness (QED) is 0.769. The van der Waals surface area contributed by atoms with E-state index < -0.39 is 0 Å². The molecule has 1 aromatic carbocycles. The molecule has 6 nitrogen and oxygen atoms in total. The second-order valence-electron chi connectivity index (χ2n) is 7.76. The van der Waals surface area contributed by atoms with Crippen LogP contribution in [0.25, 0.3) is 0 Å². The van der Waals surface area contributed by atoms with Crippen molar-refractivity contribution in [2.75, 3.05) is 38.6 Å². The van der Waals surface area contributed by atoms with Crippen LogP contribution in [0.15, 0.2) is 6.07 Å². The molecule has 1 atom stereocenters. The van der Waals surface area contributed by atoms with Gasteiger partial charge in [0.25, 0.3) is 5.91 Å². The summed E-state index contributed by atoms with van der Waals surface area (Å²) in [6.07, 6.45) is 6.31. The molecule has 0 spiro atoms. The molecule has 0 unspecified atom stereocenters. The molecule has 3 N–H and O–H groups in total. The van der Waals surface area contributed by atoms with E-state index in [0.717, 1.165) is 57.5 Å². The molecule has 3 aliphatic rings. The summed E-state index contributed by atoms with van der Waals surface area (Å²) in [5.74, 6) is 0.490. The Labute approximate surface area is 165 Å². The Bertz CT molecular complexity index is 698. The minimum Gasteiger partial charge on any atom is -0.492 e. The van der Waals surface area contributed by atoms with Crippen LogP contribution in [-0.2, 0) is 11.2 Å². The predicted molar refractivity (Wildman–Crippen MR) is 106 cm³/mol. The summed E-state index contributed by atoms with van der Waals surface area (Å²) in [4.78, 5) is 15.3. The van der Waals surface area contributed by atoms with Crippen LogP contribution < -0.4 is 15.8 Å². The van der Waals surface area contributed by atoms with Gasteiger partial charge in [0.15, 0.2) is 0 Å². The average Bonchev–Trinajstić information content (AvgIpc) is 3.19. The molecule has 27 heavy (non-hydrogen) atoms. The number of carbonyl (C=O) groups is 1. The van der Waals surface area contributed by atoms with E-state index in [1.807, 2.05) is 0 Å². The monoisotopic (exact) mass is 393 g/mol. The van der Waals surface area contributed by atoms with Gasteiger partial charge in [0, 0.05) is 37.8 Å². The first-order valence-electron chi connectivity index (χ1n) is 10.0. The lowest BCUT2D eigenvalue weighted by atomic mass is 9.98. The number of halogens is 1. The van der Waals surface area contributed by atoms with Gasteiger partial charge < -0.3 is 25.4 Å². The van der Waals surface area contributed by atoms with Gasteiger partial charge in [-0.05, 0) is 44.6 Å². The molecule has 1 aromatic rings. The van der Waals surface area contributed by atoms with Gasteiger partial charge in [0.1, 0.15) is 5.75 Å². The van der Waals surface area contributed by atoms with Crippen molar-refractivity contribution in [3.05, 3.63) is 22.2 Å². The smallest absolute Gasteiger partial charge is 0.255 e. The van der Waals surface area contributed by atoms with Gasteiger partial charge in [-0.1, -0.05) is 11.6 Å². The van der Waals surface area contributed by atoms with E-state index in [0.29, 0.717) is 34.7 Å². The number of rotatable bonds is 4. The van der Waals surface area contributed by atoms with Crippen LogP contribution in [-0.4, -0.2) is 55.8 Å². The van der Waals surface area contributed by atoms with Crippen molar-refractivity contribution in [2.45, 2.75) is 50.7 Å². The van der Waals surface area contributed by atoms with Gasteiger partial charge in [-0.3, -0.25) is 4.79 Å². The summed E-state index contributed by atoms with van der Waals surface area (Å²) in [6.45, 7) is 4.49. The third-order valence-corrected chi connectivity index (χ3v) is 6.16. The fraction of sp³-hybridized carbons (Fsp3) is 0.650. The number of nitrogens with two attached hydrogens (primary N) is 1. The molecular formula is C20H28ClN3O3. The summed E-state index contributed by atoms with van der Waals surface area (Å²) >= 11 is 6.26. The molecule has 0 aromatic heterocycles. The summed E-state index contributed by atoms with van der Waals surface area (Å²) in [5.41, 5.74) is 7.98. The Morgan fingerprint density at radius 2 is 2.07 bits per heavy atom. The van der Waals surface area contributed by atoms with Crippen molar-refractivity contribution >= 4 is 23.2 Å². The van der Waals surface area contributed by atoms with E-state index >= 15 is 0 Å². The Morgan fingerprint density at radius 1 is 1.26 bits per heavy atom. The molecule has 7 heteroatoms. The van der Waals surface area contributed by atoms with Crippen molar-refractivity contribution in [3.8, 4) is 5.75 Å². The number of piperidine rings is 1. The summed E-state index contributed by atoms with van der Waals surface area (Å²) < 4.78 is 11.5. The molecule has 0 radical (unpaired) electrons. The van der Waals surface area contributed by atoms with Crippen molar-refractivity contribution in [3.63, 3.8) is 0 Å². The number of benzene rings is 1. The van der Waals surface area contributed by atoms with E-state index in [1.165, 1.54) is 12.8 Å². The molecule has 0 bridgehead atoms. The highest BCUT2D eigenvalue weighted by atomic mass is 35.5. The van der Waals surface area contributed by atoms with Gasteiger partial charge in [0.2, 0.25) is 0 Å². The van der Waals surface area contributed by atoms with Crippen LogP contribution in [0.1, 0.15) is 48.0 Å². The highest BCUT2D eigenvalue weighted by Gasteiger charge is 2.28. The largest absolute Gasteiger partial charge is 0.492 e. The predicted octanol–water partition coefficient (Wildman–Crippen LogP) is 2.62. The number of nitrogen functional groups attached to an aromatic ring is 1. The summed E-state index contributed by atoms with van der Waals surface area (Å²) in [5, 5.41) is 3.60. The number of nitrogens with zero attached hydrogens (tertiary/aromatic N) is 1. The number of hydrogen-bond acceptors (Lipinski definition) is 5. The van der Waals surface area contributed by atoms with Crippen LogP contribution in [0.2, 0.25) is 5.02 Å². The first kappa shape index (κ1) is 18.8. The third kappa shape index (κ3) is 4.18. The van der Waals surface area contributed by atoms with E-state index in [-0.39, 0.29) is 11.9 Å². The van der Waals surface area contributed by atoms with Gasteiger partial charge in [0.05, 0.1) is 29.0 Å². The number of amides is 1. The van der Waals surface area contributed by atoms with Crippen molar-refractivity contribution < 1.29 is 14.3 Å². The Hall–Kier alpha value is -1.50. The Morgan fingerprint density at radius 3 is 2.81 bits per heavy atom. The highest BCUT2D eigenvalue weighted by molar-refractivity contribution is 6.33. The summed E-state index contributed by atoms with van der Waals surface area (Å²) in [7, 11) is 0. The zero-order chi connectivity index (χ0) is 18.8. The standard InChI is InChI=1S/C20H28ClN3O3/c21-17-11-16(19-15(18(17)22)4-2-10-27-19)20(25)23-13-5-7-24(8-6-13)12-14-3-1-9-26-14/h11,13-14H,1-10,12,22H2,(H,23,25)/t14-/m1/s1. The number of carbonyl (C=O) groups excluding carboxylic acids is 1. The van der Waals surface area contributed by atoms with Crippen LogP contribution >= 0.6 is 11.6 Å². The topological polar surface area (TPSA) is 76.8 Å². The van der Waals surface area contributed by atoms with Crippen LogP contribution in [0.4, 0.5) is 5.69 Å². The molecule has 3 heterocycles. The Balaban J connectivity index is 1.37. The number of likely N-dealkylation sites (tertiary alicyclic amines) is 1. The van der Waals surface area contributed by atoms with E-state index in [1.54, 1.807) is 6.07 Å². The molecule has 2 fully saturated rings. The fourth-order valence-electron chi connectivity index (χ4n) is 4.30. The zero-order valence-corrected chi connectivity index (χ0v) is 16.4. The highest BCUT2D eigenvalue weighted by Crippen LogP contribution is 2.38. The van der Waals surface area contributed by atoms with Gasteiger partial charge in [-0.2, -0.15) is 0 Å². The number of fused-ring (bicyclic) bond motifs is 1. The van der Waals surface area contributed by atoms with Gasteiger partial charge in [-0.25, -0.2) is 0 Å². The second-order valence-corrected chi connectivity index (χ2v) is 8.17. The lowest BCUT2D eigenvalue weighted by Gasteiger charge is -2.33. The van der Waals surface area contributed by atoms with E-state index in [4.69, 9.17) is 26.8 Å². The van der Waals surface area contributed by atoms with Gasteiger partial charge in [-0.15, -0.1) is 0 Å². The molecule has 2 saturated heterocycles. The minimum absolute atomic E-state index is 0.118. The molecule has 1 amide bonds. The van der Waals surface area contributed by atoms with Crippen LogP contribution in [0, 0.1) is 0 Å². The maximum absolute atomic E-state index is 12.9. The van der Waals surface area contributed by atoms with Gasteiger partial charge >= 0.3 is 0 Å². The number of nitrogens with one attached hydrogen (secondary N) is 1. The molecule has 0 saturated carbocycles. The maximum Gasteiger partial charge on any atom is 0.255 e. The maximum atomic E-state index is 12.9. The van der Waals surface area contributed by atoms with E-state index in [9.17, 15) is 4.79 Å². The minimum atomic E-state index is -0.118. The first-order valence-corrected chi connectivity index (χ1v) is 10.4. The first-order chi connectivity index (χ1) is 13.1. The third-order valence-electron chi connectivity index (χ3n) is 5.84. The Kier molecular flexibility index (Phi) is 5.76. The van der Waals surface area contributed by atoms with Crippen LogP contribution in [0.5, 0.6) is 5.75 Å². The SMILES string of the molecule is Nc1c(Cl)cc(C(=O)NC2CCN(C[C@H]3CCCO3)CC2)c2c1CCCO2.